The number of fused-ring (bicyclic) bond motifs is 1. The van der Waals surface area contributed by atoms with E-state index in [0.29, 0.717) is 23.0 Å². The van der Waals surface area contributed by atoms with Gasteiger partial charge in [-0.15, -0.1) is 0 Å². The first-order chi connectivity index (χ1) is 17.0. The minimum absolute atomic E-state index is 0.407. The molecule has 3 aliphatic rings. The standard InChI is InChI=1S/C32H46N2O/c1-4-6-24(5-2)29-13-9-26-23-28(35)12-14-30(26)31(29)25-7-10-27(11-8-25)34-21-17-32(18-22-34)15-19-33(3)20-16-32/h7-8,10-12,14,23-24,29,31,35H,4-6,9,13,15-22H2,1-3H3/t24?,29?,31-/m0/s1. The van der Waals surface area contributed by atoms with Crippen molar-refractivity contribution in [3.63, 3.8) is 0 Å². The summed E-state index contributed by atoms with van der Waals surface area (Å²) in [6, 6.07) is 15.8. The van der Waals surface area contributed by atoms with E-state index in [1.165, 1.54) is 99.9 Å². The molecule has 35 heavy (non-hydrogen) atoms. The molecule has 0 radical (unpaired) electrons. The van der Waals surface area contributed by atoms with Crippen LogP contribution in [0.4, 0.5) is 5.69 Å². The summed E-state index contributed by atoms with van der Waals surface area (Å²) < 4.78 is 0. The van der Waals surface area contributed by atoms with Crippen molar-refractivity contribution in [1.82, 2.24) is 4.90 Å². The van der Waals surface area contributed by atoms with Crippen LogP contribution in [-0.2, 0) is 6.42 Å². The summed E-state index contributed by atoms with van der Waals surface area (Å²) in [5.41, 5.74) is 6.26. The molecule has 3 heteroatoms. The highest BCUT2D eigenvalue weighted by Gasteiger charge is 2.37. The van der Waals surface area contributed by atoms with Crippen molar-refractivity contribution >= 4 is 5.69 Å². The molecule has 2 aromatic carbocycles. The molecule has 2 fully saturated rings. The Morgan fingerprint density at radius 2 is 1.63 bits per heavy atom. The fourth-order valence-corrected chi connectivity index (χ4v) is 7.58. The molecule has 0 saturated carbocycles. The highest BCUT2D eigenvalue weighted by molar-refractivity contribution is 5.51. The predicted molar refractivity (Wildman–Crippen MR) is 148 cm³/mol. The number of nitrogens with zero attached hydrogens (tertiary/aromatic N) is 2. The number of rotatable bonds is 6. The molecule has 190 valence electrons. The number of benzene rings is 2. The number of piperidine rings is 2. The molecule has 0 bridgehead atoms. The SMILES string of the molecule is CCCC(CC)C1CCc2cc(O)ccc2[C@H]1c1ccc(N2CCC3(CCN(C)CC3)CC2)cc1. The second-order valence-electron chi connectivity index (χ2n) is 11.9. The average molecular weight is 475 g/mol. The van der Waals surface area contributed by atoms with E-state index in [2.05, 4.69) is 61.0 Å². The molecule has 5 rings (SSSR count). The van der Waals surface area contributed by atoms with Crippen LogP contribution in [0.25, 0.3) is 0 Å². The van der Waals surface area contributed by atoms with Gasteiger partial charge in [-0.25, -0.2) is 0 Å². The first-order valence-electron chi connectivity index (χ1n) is 14.4. The molecule has 0 amide bonds. The third kappa shape index (κ3) is 5.12. The Balaban J connectivity index is 1.35. The monoisotopic (exact) mass is 474 g/mol. The predicted octanol–water partition coefficient (Wildman–Crippen LogP) is 7.23. The quantitative estimate of drug-likeness (QED) is 0.478. The zero-order valence-corrected chi connectivity index (χ0v) is 22.3. The van der Waals surface area contributed by atoms with E-state index in [4.69, 9.17) is 0 Å². The van der Waals surface area contributed by atoms with Crippen molar-refractivity contribution in [2.75, 3.05) is 38.1 Å². The third-order valence-corrected chi connectivity index (χ3v) is 9.92. The lowest BCUT2D eigenvalue weighted by atomic mass is 9.65. The Morgan fingerprint density at radius 3 is 2.29 bits per heavy atom. The molecular formula is C32H46N2O. The summed E-state index contributed by atoms with van der Waals surface area (Å²) >= 11 is 0. The smallest absolute Gasteiger partial charge is 0.115 e. The van der Waals surface area contributed by atoms with Crippen molar-refractivity contribution < 1.29 is 5.11 Å². The van der Waals surface area contributed by atoms with Crippen LogP contribution in [0, 0.1) is 17.3 Å². The molecule has 3 nitrogen and oxygen atoms in total. The van der Waals surface area contributed by atoms with Gasteiger partial charge in [0, 0.05) is 24.7 Å². The van der Waals surface area contributed by atoms with Gasteiger partial charge >= 0.3 is 0 Å². The van der Waals surface area contributed by atoms with Gasteiger partial charge < -0.3 is 14.9 Å². The van der Waals surface area contributed by atoms with Gasteiger partial charge in [0.15, 0.2) is 0 Å². The number of hydrogen-bond acceptors (Lipinski definition) is 3. The first-order valence-corrected chi connectivity index (χ1v) is 14.4. The molecule has 2 saturated heterocycles. The van der Waals surface area contributed by atoms with Crippen LogP contribution in [-0.4, -0.2) is 43.2 Å². The van der Waals surface area contributed by atoms with Crippen LogP contribution in [0.5, 0.6) is 5.75 Å². The van der Waals surface area contributed by atoms with Gasteiger partial charge in [-0.2, -0.15) is 0 Å². The minimum Gasteiger partial charge on any atom is -0.508 e. The van der Waals surface area contributed by atoms with Crippen LogP contribution in [0.15, 0.2) is 42.5 Å². The van der Waals surface area contributed by atoms with Gasteiger partial charge in [0.25, 0.3) is 0 Å². The molecule has 1 spiro atoms. The molecule has 2 aromatic rings. The fraction of sp³-hybridized carbons (Fsp3) is 0.625. The van der Waals surface area contributed by atoms with Crippen LogP contribution >= 0.6 is 0 Å². The Bertz CT molecular complexity index is 966. The fourth-order valence-electron chi connectivity index (χ4n) is 7.58. The molecule has 1 aliphatic carbocycles. The van der Waals surface area contributed by atoms with Gasteiger partial charge in [0.2, 0.25) is 0 Å². The number of hydrogen-bond donors (Lipinski definition) is 1. The number of anilines is 1. The molecule has 2 heterocycles. The van der Waals surface area contributed by atoms with E-state index < -0.39 is 0 Å². The highest BCUT2D eigenvalue weighted by atomic mass is 16.3. The van der Waals surface area contributed by atoms with Crippen molar-refractivity contribution in [1.29, 1.82) is 0 Å². The topological polar surface area (TPSA) is 26.7 Å². The lowest BCUT2D eigenvalue weighted by molar-refractivity contribution is 0.0945. The normalized spacial score (nSPS) is 25.4. The molecule has 2 unspecified atom stereocenters. The zero-order valence-electron chi connectivity index (χ0n) is 22.3. The van der Waals surface area contributed by atoms with Crippen molar-refractivity contribution in [3.05, 3.63) is 59.2 Å². The Kier molecular flexibility index (Phi) is 7.44. The van der Waals surface area contributed by atoms with E-state index in [1.807, 2.05) is 12.1 Å². The minimum atomic E-state index is 0.407. The molecular weight excluding hydrogens is 428 g/mol. The Hall–Kier alpha value is -2.00. The van der Waals surface area contributed by atoms with Gasteiger partial charge in [0.05, 0.1) is 0 Å². The summed E-state index contributed by atoms with van der Waals surface area (Å²) in [7, 11) is 2.27. The van der Waals surface area contributed by atoms with E-state index >= 15 is 0 Å². The molecule has 1 N–H and O–H groups in total. The summed E-state index contributed by atoms with van der Waals surface area (Å²) in [6.07, 6.45) is 11.6. The highest BCUT2D eigenvalue weighted by Crippen LogP contribution is 2.47. The van der Waals surface area contributed by atoms with E-state index in [0.717, 1.165) is 12.3 Å². The lowest BCUT2D eigenvalue weighted by Gasteiger charge is -2.47. The van der Waals surface area contributed by atoms with Gasteiger partial charge in [-0.1, -0.05) is 51.3 Å². The average Bonchev–Trinajstić information content (AvgIpc) is 2.89. The molecule has 0 aromatic heterocycles. The second kappa shape index (κ2) is 10.5. The summed E-state index contributed by atoms with van der Waals surface area (Å²) in [5, 5.41) is 10.1. The van der Waals surface area contributed by atoms with Crippen LogP contribution < -0.4 is 4.90 Å². The van der Waals surface area contributed by atoms with E-state index in [9.17, 15) is 5.11 Å². The van der Waals surface area contributed by atoms with Gasteiger partial charge in [-0.3, -0.25) is 0 Å². The zero-order chi connectivity index (χ0) is 24.4. The number of likely N-dealkylation sites (tertiary alicyclic amines) is 1. The summed E-state index contributed by atoms with van der Waals surface area (Å²) in [6.45, 7) is 9.65. The third-order valence-electron chi connectivity index (χ3n) is 9.92. The number of aromatic hydroxyl groups is 1. The molecule has 2 aliphatic heterocycles. The van der Waals surface area contributed by atoms with Crippen LogP contribution in [0.2, 0.25) is 0 Å². The van der Waals surface area contributed by atoms with Crippen LogP contribution in [0.3, 0.4) is 0 Å². The lowest BCUT2D eigenvalue weighted by Crippen LogP contribution is -2.46. The maximum atomic E-state index is 10.1. The summed E-state index contributed by atoms with van der Waals surface area (Å²) in [4.78, 5) is 5.13. The van der Waals surface area contributed by atoms with E-state index in [1.54, 1.807) is 0 Å². The second-order valence-corrected chi connectivity index (χ2v) is 11.9. The Labute approximate surface area is 213 Å². The number of aryl methyl sites for hydroxylation is 1. The van der Waals surface area contributed by atoms with Crippen molar-refractivity contribution in [3.8, 4) is 5.75 Å². The first kappa shape index (κ1) is 24.7. The van der Waals surface area contributed by atoms with Gasteiger partial charge in [-0.05, 0) is 117 Å². The maximum Gasteiger partial charge on any atom is 0.115 e. The van der Waals surface area contributed by atoms with Gasteiger partial charge in [0.1, 0.15) is 5.75 Å². The van der Waals surface area contributed by atoms with E-state index in [-0.39, 0.29) is 0 Å². The van der Waals surface area contributed by atoms with Crippen LogP contribution in [0.1, 0.15) is 87.8 Å². The maximum absolute atomic E-state index is 10.1. The molecule has 3 atom stereocenters. The largest absolute Gasteiger partial charge is 0.508 e. The number of phenolic OH excluding ortho intramolecular Hbond substituents is 1. The van der Waals surface area contributed by atoms with Crippen molar-refractivity contribution in [2.45, 2.75) is 77.6 Å². The Morgan fingerprint density at radius 1 is 0.943 bits per heavy atom. The summed E-state index contributed by atoms with van der Waals surface area (Å²) in [5.74, 6) is 2.29. The van der Waals surface area contributed by atoms with Crippen molar-refractivity contribution in [2.24, 2.45) is 17.3 Å². The number of phenols is 1.